The van der Waals surface area contributed by atoms with Crippen molar-refractivity contribution < 1.29 is 4.79 Å². The van der Waals surface area contributed by atoms with Gasteiger partial charge in [-0.15, -0.1) is 0 Å². The van der Waals surface area contributed by atoms with Crippen LogP contribution in [-0.2, 0) is 6.54 Å². The number of nitrogens with one attached hydrogen (secondary N) is 2. The van der Waals surface area contributed by atoms with Gasteiger partial charge < -0.3 is 20.1 Å². The molecule has 3 aromatic rings. The predicted molar refractivity (Wildman–Crippen MR) is 147 cm³/mol. The fourth-order valence-electron chi connectivity index (χ4n) is 5.36. The summed E-state index contributed by atoms with van der Waals surface area (Å²) < 4.78 is 1.49. The summed E-state index contributed by atoms with van der Waals surface area (Å²) in [6.07, 6.45) is 7.42. The van der Waals surface area contributed by atoms with Crippen LogP contribution in [0, 0.1) is 13.8 Å². The number of carbonyl (C=O) groups is 1. The van der Waals surface area contributed by atoms with E-state index in [1.54, 1.807) is 13.0 Å². The van der Waals surface area contributed by atoms with Gasteiger partial charge in [0.25, 0.3) is 5.91 Å². The Kier molecular flexibility index (Phi) is 8.34. The van der Waals surface area contributed by atoms with Crippen LogP contribution in [0.15, 0.2) is 35.6 Å². The number of carbonyl (C=O) groups excluding carboxylic acids is 1. The van der Waals surface area contributed by atoms with Crippen LogP contribution < -0.4 is 15.6 Å². The highest BCUT2D eigenvalue weighted by atomic mass is 35.5. The number of aryl methyl sites for hydroxylation is 1. The minimum absolute atomic E-state index is 0.0387. The molecule has 2 heterocycles. The average molecular weight is 526 g/mol. The quantitative estimate of drug-likeness (QED) is 0.463. The zero-order valence-electron chi connectivity index (χ0n) is 22.2. The minimum Gasteiger partial charge on any atom is -0.369 e. The lowest BCUT2D eigenvalue weighted by molar-refractivity contribution is 0.0950. The molecule has 0 bridgehead atoms. The molecule has 10 heteroatoms. The van der Waals surface area contributed by atoms with E-state index in [9.17, 15) is 9.59 Å². The second-order valence-electron chi connectivity index (χ2n) is 9.98. The molecule has 1 fully saturated rings. The van der Waals surface area contributed by atoms with Gasteiger partial charge in [0.1, 0.15) is 18.5 Å². The van der Waals surface area contributed by atoms with Crippen LogP contribution in [0.1, 0.15) is 59.8 Å². The fourth-order valence-corrected chi connectivity index (χ4v) is 5.58. The molecule has 198 valence electrons. The molecule has 1 aliphatic carbocycles. The monoisotopic (exact) mass is 525 g/mol. The van der Waals surface area contributed by atoms with Crippen LogP contribution in [0.4, 0.5) is 5.69 Å². The zero-order chi connectivity index (χ0) is 26.7. The molecule has 0 unspecified atom stereocenters. The Morgan fingerprint density at radius 1 is 1.16 bits per heavy atom. The van der Waals surface area contributed by atoms with Crippen LogP contribution in [-0.4, -0.2) is 63.3 Å². The topological polar surface area (TPSA) is 99.1 Å². The van der Waals surface area contributed by atoms with Crippen LogP contribution >= 0.6 is 11.6 Å². The molecule has 0 atom stereocenters. The van der Waals surface area contributed by atoms with E-state index < -0.39 is 0 Å². The fraction of sp³-hybridized carbons (Fsp3) is 0.481. The number of H-pyrrole nitrogens is 1. The van der Waals surface area contributed by atoms with Gasteiger partial charge in [-0.2, -0.15) is 5.10 Å². The SMILES string of the molecule is CCN(c1cc(Cl)cc(C(=O)NCc2c(-n3cncn3)[nH]c(C)cc2=O)c1C)[C@H]1CC[C@H](N(C)C)CC1. The highest BCUT2D eigenvalue weighted by Crippen LogP contribution is 2.34. The number of rotatable bonds is 8. The van der Waals surface area contributed by atoms with Crippen LogP contribution in [0.25, 0.3) is 5.82 Å². The molecule has 0 spiro atoms. The Bertz CT molecular complexity index is 1290. The number of anilines is 1. The normalized spacial score (nSPS) is 17.7. The van der Waals surface area contributed by atoms with Crippen molar-refractivity contribution in [3.8, 4) is 5.82 Å². The third kappa shape index (κ3) is 5.88. The van der Waals surface area contributed by atoms with Gasteiger partial charge in [-0.25, -0.2) is 9.67 Å². The van der Waals surface area contributed by atoms with Crippen molar-refractivity contribution in [3.63, 3.8) is 0 Å². The highest BCUT2D eigenvalue weighted by molar-refractivity contribution is 6.31. The Balaban J connectivity index is 1.57. The maximum Gasteiger partial charge on any atom is 0.251 e. The van der Waals surface area contributed by atoms with E-state index >= 15 is 0 Å². The summed E-state index contributed by atoms with van der Waals surface area (Å²) in [6, 6.07) is 6.19. The first-order chi connectivity index (χ1) is 17.7. The Morgan fingerprint density at radius 2 is 1.86 bits per heavy atom. The van der Waals surface area contributed by atoms with Gasteiger partial charge in [0.2, 0.25) is 0 Å². The number of halogens is 1. The molecule has 1 amide bonds. The lowest BCUT2D eigenvalue weighted by atomic mass is 9.89. The third-order valence-corrected chi connectivity index (χ3v) is 7.62. The van der Waals surface area contributed by atoms with Crippen molar-refractivity contribution in [2.75, 3.05) is 25.5 Å². The molecule has 1 aliphatic rings. The smallest absolute Gasteiger partial charge is 0.251 e. The summed E-state index contributed by atoms with van der Waals surface area (Å²) in [5.41, 5.74) is 3.29. The molecule has 1 saturated carbocycles. The summed E-state index contributed by atoms with van der Waals surface area (Å²) in [5.74, 6) is 0.204. The van der Waals surface area contributed by atoms with Crippen molar-refractivity contribution in [3.05, 3.63) is 68.5 Å². The molecule has 4 rings (SSSR count). The van der Waals surface area contributed by atoms with Crippen LogP contribution in [0.2, 0.25) is 5.02 Å². The lowest BCUT2D eigenvalue weighted by Gasteiger charge is -2.40. The largest absolute Gasteiger partial charge is 0.369 e. The zero-order valence-corrected chi connectivity index (χ0v) is 23.0. The first-order valence-electron chi connectivity index (χ1n) is 12.8. The van der Waals surface area contributed by atoms with Crippen molar-refractivity contribution in [2.24, 2.45) is 0 Å². The number of hydrogen-bond acceptors (Lipinski definition) is 6. The molecule has 0 saturated heterocycles. The molecule has 37 heavy (non-hydrogen) atoms. The van der Waals surface area contributed by atoms with Crippen molar-refractivity contribution >= 4 is 23.2 Å². The molecular weight excluding hydrogens is 490 g/mol. The van der Waals surface area contributed by atoms with Gasteiger partial charge in [0.05, 0.1) is 12.1 Å². The first kappa shape index (κ1) is 26.9. The summed E-state index contributed by atoms with van der Waals surface area (Å²) in [7, 11) is 4.29. The Labute approximate surface area is 222 Å². The van der Waals surface area contributed by atoms with Crippen LogP contribution in [0.3, 0.4) is 0 Å². The molecule has 0 aliphatic heterocycles. The van der Waals surface area contributed by atoms with Gasteiger partial charge in [-0.1, -0.05) is 11.6 Å². The maximum absolute atomic E-state index is 13.4. The molecule has 2 N–H and O–H groups in total. The third-order valence-electron chi connectivity index (χ3n) is 7.40. The first-order valence-corrected chi connectivity index (χ1v) is 13.2. The van der Waals surface area contributed by atoms with E-state index in [-0.39, 0.29) is 17.9 Å². The average Bonchev–Trinajstić information content (AvgIpc) is 3.40. The molecule has 1 aromatic carbocycles. The second-order valence-corrected chi connectivity index (χ2v) is 10.4. The number of hydrogen-bond donors (Lipinski definition) is 2. The van der Waals surface area contributed by atoms with E-state index in [4.69, 9.17) is 11.6 Å². The lowest BCUT2D eigenvalue weighted by Crippen LogP contribution is -2.42. The van der Waals surface area contributed by atoms with Gasteiger partial charge in [-0.3, -0.25) is 9.59 Å². The van der Waals surface area contributed by atoms with E-state index in [1.165, 1.54) is 23.4 Å². The number of benzene rings is 1. The summed E-state index contributed by atoms with van der Waals surface area (Å²) >= 11 is 6.54. The number of aromatic amines is 1. The second kappa shape index (κ2) is 11.5. The van der Waals surface area contributed by atoms with E-state index in [0.717, 1.165) is 43.5 Å². The van der Waals surface area contributed by atoms with Gasteiger partial charge >= 0.3 is 0 Å². The molecular formula is C27H36ClN7O2. The summed E-state index contributed by atoms with van der Waals surface area (Å²) in [4.78, 5) is 38.0. The number of nitrogens with zero attached hydrogens (tertiary/aromatic N) is 5. The predicted octanol–water partition coefficient (Wildman–Crippen LogP) is 3.85. The number of aromatic nitrogens is 4. The minimum atomic E-state index is -0.280. The number of amides is 1. The van der Waals surface area contributed by atoms with Gasteiger partial charge in [0, 0.05) is 46.7 Å². The van der Waals surface area contributed by atoms with E-state index in [0.29, 0.717) is 39.7 Å². The summed E-state index contributed by atoms with van der Waals surface area (Å²) in [5, 5.41) is 7.58. The van der Waals surface area contributed by atoms with Crippen molar-refractivity contribution in [1.29, 1.82) is 0 Å². The Hall–Kier alpha value is -3.17. The summed E-state index contributed by atoms with van der Waals surface area (Å²) in [6.45, 7) is 6.78. The van der Waals surface area contributed by atoms with Gasteiger partial charge in [-0.05, 0) is 78.2 Å². The molecule has 9 nitrogen and oxygen atoms in total. The van der Waals surface area contributed by atoms with Crippen molar-refractivity contribution in [2.45, 2.75) is 65.1 Å². The highest BCUT2D eigenvalue weighted by Gasteiger charge is 2.28. The standard InChI is InChI=1S/C27H36ClN7O2/c1-6-34(21-9-7-20(8-10-21)33(4)5)24-13-19(28)12-22(18(24)3)27(37)30-14-23-25(36)11-17(2)32-26(23)35-16-29-15-31-35/h11-13,15-16,20-21H,6-10,14H2,1-5H3,(H,30,37)(H,32,36)/t20-,21-. The van der Waals surface area contributed by atoms with E-state index in [2.05, 4.69) is 51.2 Å². The number of pyridine rings is 1. The van der Waals surface area contributed by atoms with Crippen LogP contribution in [0.5, 0.6) is 0 Å². The van der Waals surface area contributed by atoms with Gasteiger partial charge in [0.15, 0.2) is 5.43 Å². The molecule has 2 aromatic heterocycles. The molecule has 0 radical (unpaired) electrons. The Morgan fingerprint density at radius 3 is 2.49 bits per heavy atom. The maximum atomic E-state index is 13.4. The van der Waals surface area contributed by atoms with E-state index in [1.807, 2.05) is 13.0 Å². The van der Waals surface area contributed by atoms with Crippen molar-refractivity contribution in [1.82, 2.24) is 30.0 Å².